The topological polar surface area (TPSA) is 12.9 Å². The summed E-state index contributed by atoms with van der Waals surface area (Å²) in [5.74, 6) is 0. The number of nitrogens with zero attached hydrogens (tertiary/aromatic N) is 1. The van der Waals surface area contributed by atoms with E-state index in [1.54, 1.807) is 0 Å². The average molecular weight is 240 g/mol. The van der Waals surface area contributed by atoms with E-state index in [-0.39, 0.29) is 0 Å². The number of pyridine rings is 1. The van der Waals surface area contributed by atoms with Crippen molar-refractivity contribution >= 4 is 22.5 Å². The number of para-hydroxylation sites is 1. The van der Waals surface area contributed by atoms with Gasteiger partial charge < -0.3 is 0 Å². The van der Waals surface area contributed by atoms with Gasteiger partial charge in [-0.25, -0.2) is 0 Å². The van der Waals surface area contributed by atoms with Crippen molar-refractivity contribution in [2.24, 2.45) is 0 Å². The van der Waals surface area contributed by atoms with Gasteiger partial charge in [-0.1, -0.05) is 54.1 Å². The second kappa shape index (κ2) is 4.19. The minimum atomic E-state index is 0.696. The molecule has 0 amide bonds. The van der Waals surface area contributed by atoms with E-state index >= 15 is 0 Å². The van der Waals surface area contributed by atoms with Gasteiger partial charge in [0.1, 0.15) is 0 Å². The van der Waals surface area contributed by atoms with Crippen molar-refractivity contribution in [1.29, 1.82) is 0 Å². The second-order valence-corrected chi connectivity index (χ2v) is 4.31. The summed E-state index contributed by atoms with van der Waals surface area (Å²) < 4.78 is 0. The van der Waals surface area contributed by atoms with Crippen molar-refractivity contribution in [2.45, 2.75) is 0 Å². The van der Waals surface area contributed by atoms with Crippen molar-refractivity contribution < 1.29 is 0 Å². The number of rotatable bonds is 1. The van der Waals surface area contributed by atoms with Gasteiger partial charge in [0.2, 0.25) is 0 Å². The van der Waals surface area contributed by atoms with Crippen LogP contribution in [0, 0.1) is 0 Å². The van der Waals surface area contributed by atoms with E-state index < -0.39 is 0 Å². The van der Waals surface area contributed by atoms with E-state index in [1.807, 2.05) is 42.6 Å². The van der Waals surface area contributed by atoms with E-state index in [0.29, 0.717) is 5.02 Å². The van der Waals surface area contributed by atoms with Crippen LogP contribution in [0.1, 0.15) is 0 Å². The Bertz CT molecular complexity index is 662. The van der Waals surface area contributed by atoms with Crippen LogP contribution in [-0.2, 0) is 0 Å². The molecular formula is C15H10ClN. The molecule has 82 valence electrons. The zero-order valence-corrected chi connectivity index (χ0v) is 9.85. The summed E-state index contributed by atoms with van der Waals surface area (Å²) in [6.45, 7) is 0. The number of fused-ring (bicyclic) bond motifs is 1. The first-order valence-corrected chi connectivity index (χ1v) is 5.82. The van der Waals surface area contributed by atoms with Crippen molar-refractivity contribution in [3.05, 3.63) is 65.8 Å². The molecule has 0 unspecified atom stereocenters. The van der Waals surface area contributed by atoms with Gasteiger partial charge in [-0.3, -0.25) is 4.98 Å². The van der Waals surface area contributed by atoms with Crippen molar-refractivity contribution in [1.82, 2.24) is 4.98 Å². The van der Waals surface area contributed by atoms with Crippen LogP contribution in [-0.4, -0.2) is 4.98 Å². The summed E-state index contributed by atoms with van der Waals surface area (Å²) in [6.07, 6.45) is 1.86. The Morgan fingerprint density at radius 2 is 1.65 bits per heavy atom. The van der Waals surface area contributed by atoms with Gasteiger partial charge in [-0.15, -0.1) is 0 Å². The molecule has 0 spiro atoms. The van der Waals surface area contributed by atoms with Crippen LogP contribution in [0.25, 0.3) is 22.0 Å². The van der Waals surface area contributed by atoms with Crippen molar-refractivity contribution in [2.75, 3.05) is 0 Å². The molecule has 0 N–H and O–H groups in total. The molecule has 0 aliphatic heterocycles. The van der Waals surface area contributed by atoms with Crippen molar-refractivity contribution in [3.8, 4) is 11.1 Å². The summed E-state index contributed by atoms with van der Waals surface area (Å²) in [7, 11) is 0. The third-order valence-electron chi connectivity index (χ3n) is 2.77. The lowest BCUT2D eigenvalue weighted by Crippen LogP contribution is -1.83. The molecule has 0 aliphatic rings. The number of halogens is 1. The third kappa shape index (κ3) is 1.90. The van der Waals surface area contributed by atoms with Gasteiger partial charge in [-0.2, -0.15) is 0 Å². The number of aromatic nitrogens is 1. The third-order valence-corrected chi connectivity index (χ3v) is 3.07. The molecule has 3 rings (SSSR count). The average Bonchev–Trinajstić information content (AvgIpc) is 2.40. The molecule has 2 heteroatoms. The monoisotopic (exact) mass is 239 g/mol. The molecule has 0 bridgehead atoms. The van der Waals surface area contributed by atoms with Gasteiger partial charge in [0.15, 0.2) is 0 Å². The summed E-state index contributed by atoms with van der Waals surface area (Å²) >= 11 is 6.09. The van der Waals surface area contributed by atoms with Crippen molar-refractivity contribution in [3.63, 3.8) is 0 Å². The Labute approximate surface area is 105 Å². The maximum Gasteiger partial charge on any atom is 0.0888 e. The lowest BCUT2D eigenvalue weighted by Gasteiger charge is -2.04. The first kappa shape index (κ1) is 10.3. The van der Waals surface area contributed by atoms with E-state index in [2.05, 4.69) is 23.2 Å². The Hall–Kier alpha value is -1.86. The zero-order valence-electron chi connectivity index (χ0n) is 9.10. The molecule has 0 aliphatic carbocycles. The van der Waals surface area contributed by atoms with Crippen LogP contribution in [0.5, 0.6) is 0 Å². The van der Waals surface area contributed by atoms with Gasteiger partial charge in [-0.05, 0) is 17.7 Å². The fourth-order valence-corrected chi connectivity index (χ4v) is 2.14. The largest absolute Gasteiger partial charge is 0.254 e. The Morgan fingerprint density at radius 1 is 0.824 bits per heavy atom. The molecule has 2 aromatic carbocycles. The summed E-state index contributed by atoms with van der Waals surface area (Å²) in [4.78, 5) is 4.43. The van der Waals surface area contributed by atoms with Crippen LogP contribution >= 0.6 is 11.6 Å². The predicted octanol–water partition coefficient (Wildman–Crippen LogP) is 4.56. The molecule has 1 nitrogen and oxygen atoms in total. The van der Waals surface area contributed by atoms with Gasteiger partial charge in [0.25, 0.3) is 0 Å². The Balaban J connectivity index is 2.21. The van der Waals surface area contributed by atoms with Crippen LogP contribution in [0.15, 0.2) is 60.8 Å². The highest BCUT2D eigenvalue weighted by Gasteiger charge is 2.02. The molecule has 3 aromatic rings. The van der Waals surface area contributed by atoms with E-state index in [1.165, 1.54) is 5.56 Å². The van der Waals surface area contributed by atoms with E-state index in [0.717, 1.165) is 16.5 Å². The normalized spacial score (nSPS) is 10.6. The molecule has 1 heterocycles. The molecule has 0 atom stereocenters. The fraction of sp³-hybridized carbons (Fsp3) is 0. The first-order valence-electron chi connectivity index (χ1n) is 5.44. The van der Waals surface area contributed by atoms with Gasteiger partial charge in [0.05, 0.1) is 10.5 Å². The molecule has 0 saturated carbocycles. The van der Waals surface area contributed by atoms with Crippen LogP contribution in [0.3, 0.4) is 0 Å². The molecule has 1 aromatic heterocycles. The maximum absolute atomic E-state index is 6.09. The van der Waals surface area contributed by atoms with Gasteiger partial charge >= 0.3 is 0 Å². The maximum atomic E-state index is 6.09. The molecular weight excluding hydrogens is 230 g/mol. The SMILES string of the molecule is Clc1cccc2cc(-c3ccccc3)cnc12. The molecule has 17 heavy (non-hydrogen) atoms. The van der Waals surface area contributed by atoms with Crippen LogP contribution < -0.4 is 0 Å². The van der Waals surface area contributed by atoms with E-state index in [4.69, 9.17) is 11.6 Å². The fourth-order valence-electron chi connectivity index (χ4n) is 1.91. The molecule has 0 saturated heterocycles. The zero-order chi connectivity index (χ0) is 11.7. The number of hydrogen-bond acceptors (Lipinski definition) is 1. The van der Waals surface area contributed by atoms with Crippen LogP contribution in [0.4, 0.5) is 0 Å². The summed E-state index contributed by atoms with van der Waals surface area (Å²) in [5.41, 5.74) is 3.14. The highest BCUT2D eigenvalue weighted by atomic mass is 35.5. The number of benzene rings is 2. The second-order valence-electron chi connectivity index (χ2n) is 3.90. The molecule has 0 fully saturated rings. The predicted molar refractivity (Wildman–Crippen MR) is 72.2 cm³/mol. The van der Waals surface area contributed by atoms with E-state index in [9.17, 15) is 0 Å². The first-order chi connectivity index (χ1) is 8.34. The summed E-state index contributed by atoms with van der Waals surface area (Å²) in [5, 5.41) is 1.76. The lowest BCUT2D eigenvalue weighted by atomic mass is 10.1. The Morgan fingerprint density at radius 3 is 2.47 bits per heavy atom. The lowest BCUT2D eigenvalue weighted by molar-refractivity contribution is 1.41. The quantitative estimate of drug-likeness (QED) is 0.607. The van der Waals surface area contributed by atoms with Crippen LogP contribution in [0.2, 0.25) is 5.02 Å². The highest BCUT2D eigenvalue weighted by Crippen LogP contribution is 2.26. The summed E-state index contributed by atoms with van der Waals surface area (Å²) in [6, 6.07) is 18.2. The smallest absolute Gasteiger partial charge is 0.0888 e. The van der Waals surface area contributed by atoms with Gasteiger partial charge in [0, 0.05) is 17.1 Å². The highest BCUT2D eigenvalue weighted by molar-refractivity contribution is 6.35. The minimum absolute atomic E-state index is 0.696. The Kier molecular flexibility index (Phi) is 2.54. The standard InChI is InChI=1S/C15H10ClN/c16-14-8-4-7-12-9-13(10-17-15(12)14)11-5-2-1-3-6-11/h1-10H. The molecule has 0 radical (unpaired) electrons. The number of hydrogen-bond donors (Lipinski definition) is 0. The minimum Gasteiger partial charge on any atom is -0.254 e.